The molecule has 0 bridgehead atoms. The third-order valence-corrected chi connectivity index (χ3v) is 7.36. The van der Waals surface area contributed by atoms with E-state index in [0.717, 1.165) is 29.9 Å². The van der Waals surface area contributed by atoms with Gasteiger partial charge in [-0.15, -0.1) is 0 Å². The maximum atomic E-state index is 5.62. The second-order valence-corrected chi connectivity index (χ2v) is 8.32. The summed E-state index contributed by atoms with van der Waals surface area (Å²) in [5.41, 5.74) is 5.06. The van der Waals surface area contributed by atoms with Gasteiger partial charge in [0.15, 0.2) is 0 Å². The van der Waals surface area contributed by atoms with Crippen LogP contribution in [0.5, 0.6) is 0 Å². The lowest BCUT2D eigenvalue weighted by molar-refractivity contribution is 0.0439. The molecule has 4 aliphatic rings. The van der Waals surface area contributed by atoms with E-state index >= 15 is 0 Å². The molecule has 0 heterocycles. The Bertz CT molecular complexity index is 605. The molecule has 0 aromatic carbocycles. The fourth-order valence-corrected chi connectivity index (χ4v) is 6.17. The number of hydrogen-bond acceptors (Lipinski definition) is 1. The van der Waals surface area contributed by atoms with Crippen molar-refractivity contribution in [1.82, 2.24) is 0 Å². The second-order valence-electron chi connectivity index (χ2n) is 8.32. The number of ether oxygens (including phenoxy) is 1. The highest BCUT2D eigenvalue weighted by molar-refractivity contribution is 5.48. The third-order valence-electron chi connectivity index (χ3n) is 7.36. The van der Waals surface area contributed by atoms with Gasteiger partial charge in [-0.1, -0.05) is 32.1 Å². The van der Waals surface area contributed by atoms with E-state index in [1.54, 1.807) is 18.3 Å². The van der Waals surface area contributed by atoms with E-state index in [0.29, 0.717) is 5.41 Å². The van der Waals surface area contributed by atoms with Crippen LogP contribution in [0.15, 0.2) is 47.3 Å². The molecule has 0 amide bonds. The first kappa shape index (κ1) is 15.3. The van der Waals surface area contributed by atoms with Crippen molar-refractivity contribution in [2.24, 2.45) is 23.2 Å². The smallest absolute Gasteiger partial charge is 0.106 e. The highest BCUT2D eigenvalue weighted by atomic mass is 16.5. The summed E-state index contributed by atoms with van der Waals surface area (Å²) in [6, 6.07) is 0. The van der Waals surface area contributed by atoms with Crippen LogP contribution >= 0.6 is 0 Å². The van der Waals surface area contributed by atoms with Crippen LogP contribution in [0.2, 0.25) is 0 Å². The van der Waals surface area contributed by atoms with E-state index in [4.69, 9.17) is 4.74 Å². The molecule has 124 valence electrons. The second kappa shape index (κ2) is 5.69. The summed E-state index contributed by atoms with van der Waals surface area (Å²) in [6.07, 6.45) is 17.6. The SMILES string of the molecule is C=CC1=C(OC)CC=C2C(=C1)CCC1C2CC[C@]2(C)CCCC12. The van der Waals surface area contributed by atoms with Crippen molar-refractivity contribution in [2.75, 3.05) is 7.11 Å². The van der Waals surface area contributed by atoms with Gasteiger partial charge < -0.3 is 4.74 Å². The van der Waals surface area contributed by atoms with Gasteiger partial charge in [-0.25, -0.2) is 0 Å². The van der Waals surface area contributed by atoms with E-state index in [2.05, 4.69) is 25.7 Å². The summed E-state index contributed by atoms with van der Waals surface area (Å²) in [6.45, 7) is 6.57. The zero-order chi connectivity index (χ0) is 16.0. The molecule has 0 aliphatic heterocycles. The van der Waals surface area contributed by atoms with Gasteiger partial charge in [-0.3, -0.25) is 0 Å². The topological polar surface area (TPSA) is 9.23 Å². The summed E-state index contributed by atoms with van der Waals surface area (Å²) in [5.74, 6) is 3.78. The van der Waals surface area contributed by atoms with Gasteiger partial charge in [0.2, 0.25) is 0 Å². The largest absolute Gasteiger partial charge is 0.500 e. The molecule has 0 spiro atoms. The molecule has 3 unspecified atom stereocenters. The van der Waals surface area contributed by atoms with Crippen molar-refractivity contribution in [1.29, 1.82) is 0 Å². The molecule has 0 aromatic rings. The molecule has 3 saturated carbocycles. The van der Waals surface area contributed by atoms with Crippen LogP contribution in [0.3, 0.4) is 0 Å². The third kappa shape index (κ3) is 2.35. The Hall–Kier alpha value is -1.24. The average molecular weight is 310 g/mol. The summed E-state index contributed by atoms with van der Waals surface area (Å²) >= 11 is 0. The predicted octanol–water partition coefficient (Wildman–Crippen LogP) is 5.96. The number of allylic oxidation sites excluding steroid dienone is 6. The van der Waals surface area contributed by atoms with Crippen molar-refractivity contribution >= 4 is 0 Å². The van der Waals surface area contributed by atoms with Crippen LogP contribution in [0.4, 0.5) is 0 Å². The molecule has 0 N–H and O–H groups in total. The molecule has 1 nitrogen and oxygen atoms in total. The first-order valence-electron chi connectivity index (χ1n) is 9.47. The molecule has 0 aromatic heterocycles. The van der Waals surface area contributed by atoms with Crippen molar-refractivity contribution in [3.05, 3.63) is 47.3 Å². The van der Waals surface area contributed by atoms with Crippen molar-refractivity contribution < 1.29 is 4.74 Å². The predicted molar refractivity (Wildman–Crippen MR) is 95.9 cm³/mol. The Balaban J connectivity index is 1.67. The van der Waals surface area contributed by atoms with Crippen LogP contribution in [0, 0.1) is 23.2 Å². The van der Waals surface area contributed by atoms with E-state index in [1.165, 1.54) is 50.5 Å². The quantitative estimate of drug-likeness (QED) is 0.612. The molecule has 3 fully saturated rings. The van der Waals surface area contributed by atoms with Gasteiger partial charge in [0, 0.05) is 12.0 Å². The lowest BCUT2D eigenvalue weighted by Gasteiger charge is -2.50. The highest BCUT2D eigenvalue weighted by Crippen LogP contribution is 2.61. The van der Waals surface area contributed by atoms with Crippen molar-refractivity contribution in [2.45, 2.75) is 58.3 Å². The van der Waals surface area contributed by atoms with E-state index in [9.17, 15) is 0 Å². The summed E-state index contributed by atoms with van der Waals surface area (Å²) in [7, 11) is 1.79. The average Bonchev–Trinajstić information content (AvgIpc) is 2.86. The Kier molecular flexibility index (Phi) is 3.78. The van der Waals surface area contributed by atoms with E-state index in [-0.39, 0.29) is 0 Å². The Morgan fingerprint density at radius 1 is 1.26 bits per heavy atom. The molecule has 4 rings (SSSR count). The van der Waals surface area contributed by atoms with Gasteiger partial charge in [-0.2, -0.15) is 0 Å². The first-order chi connectivity index (χ1) is 11.2. The van der Waals surface area contributed by atoms with Gasteiger partial charge in [0.1, 0.15) is 5.76 Å². The maximum absolute atomic E-state index is 5.62. The first-order valence-corrected chi connectivity index (χ1v) is 9.47. The van der Waals surface area contributed by atoms with Crippen LogP contribution in [-0.2, 0) is 4.74 Å². The minimum Gasteiger partial charge on any atom is -0.500 e. The van der Waals surface area contributed by atoms with Gasteiger partial charge in [-0.05, 0) is 78.9 Å². The molecular formula is C22H30O. The molecular weight excluding hydrogens is 280 g/mol. The molecule has 4 aliphatic carbocycles. The zero-order valence-corrected chi connectivity index (χ0v) is 14.7. The Morgan fingerprint density at radius 2 is 2.13 bits per heavy atom. The number of methoxy groups -OCH3 is 1. The summed E-state index contributed by atoms with van der Waals surface area (Å²) in [4.78, 5) is 0. The Labute approximate surface area is 141 Å². The van der Waals surface area contributed by atoms with Gasteiger partial charge in [0.25, 0.3) is 0 Å². The van der Waals surface area contributed by atoms with Gasteiger partial charge >= 0.3 is 0 Å². The number of hydrogen-bond donors (Lipinski definition) is 0. The maximum Gasteiger partial charge on any atom is 0.106 e. The monoisotopic (exact) mass is 310 g/mol. The van der Waals surface area contributed by atoms with Crippen molar-refractivity contribution in [3.63, 3.8) is 0 Å². The molecule has 23 heavy (non-hydrogen) atoms. The van der Waals surface area contributed by atoms with Gasteiger partial charge in [0.05, 0.1) is 7.11 Å². The molecule has 1 heteroatoms. The lowest BCUT2D eigenvalue weighted by atomic mass is 9.55. The standard InChI is InChI=1S/C22H30O/c1-4-15-14-16-7-8-19-18(17(16)9-10-21(15)23-3)11-13-22(2)12-5-6-20(19)22/h4,9,14,18-20H,1,5-8,10-13H2,2-3H3/t18?,19?,20?,22-/m0/s1. The molecule has 0 radical (unpaired) electrons. The van der Waals surface area contributed by atoms with Crippen LogP contribution < -0.4 is 0 Å². The number of rotatable bonds is 2. The zero-order valence-electron chi connectivity index (χ0n) is 14.7. The number of fused-ring (bicyclic) bond motifs is 5. The lowest BCUT2D eigenvalue weighted by Crippen LogP contribution is -2.41. The van der Waals surface area contributed by atoms with Crippen LogP contribution in [0.1, 0.15) is 58.3 Å². The highest BCUT2D eigenvalue weighted by Gasteiger charge is 2.50. The van der Waals surface area contributed by atoms with E-state index < -0.39 is 0 Å². The van der Waals surface area contributed by atoms with Crippen molar-refractivity contribution in [3.8, 4) is 0 Å². The fraction of sp³-hybridized carbons (Fsp3) is 0.636. The normalized spacial score (nSPS) is 39.5. The fourth-order valence-electron chi connectivity index (χ4n) is 6.17. The minimum atomic E-state index is 0.649. The summed E-state index contributed by atoms with van der Waals surface area (Å²) in [5, 5.41) is 0. The van der Waals surface area contributed by atoms with E-state index in [1.807, 2.05) is 6.08 Å². The summed E-state index contributed by atoms with van der Waals surface area (Å²) < 4.78 is 5.62. The van der Waals surface area contributed by atoms with Crippen LogP contribution in [0.25, 0.3) is 0 Å². The molecule has 4 atom stereocenters. The molecule has 0 saturated heterocycles. The van der Waals surface area contributed by atoms with Crippen LogP contribution in [-0.4, -0.2) is 7.11 Å². The Morgan fingerprint density at radius 3 is 2.91 bits per heavy atom. The minimum absolute atomic E-state index is 0.649.